The van der Waals surface area contributed by atoms with Gasteiger partial charge in [-0.05, 0) is 20.8 Å². The number of carbonyl (C=O) groups is 2. The second-order valence-electron chi connectivity index (χ2n) is 4.34. The summed E-state index contributed by atoms with van der Waals surface area (Å²) in [6, 6.07) is 0.429. The molecule has 0 aromatic heterocycles. The molecule has 1 fully saturated rings. The lowest BCUT2D eigenvalue weighted by molar-refractivity contribution is -0.138. The van der Waals surface area contributed by atoms with Crippen LogP contribution in [0.2, 0.25) is 6.04 Å². The van der Waals surface area contributed by atoms with Crippen LogP contribution >= 0.6 is 0 Å². The molecule has 2 atom stereocenters. The Morgan fingerprint density at radius 2 is 1.62 bits per heavy atom. The highest BCUT2D eigenvalue weighted by molar-refractivity contribution is 6.60. The molecule has 0 radical (unpaired) electrons. The van der Waals surface area contributed by atoms with Crippen molar-refractivity contribution in [1.82, 2.24) is 5.32 Å². The van der Waals surface area contributed by atoms with E-state index in [2.05, 4.69) is 5.32 Å². The molecule has 0 aromatic carbocycles. The van der Waals surface area contributed by atoms with Crippen molar-refractivity contribution < 1.29 is 32.7 Å². The number of hydrogen-bond donors (Lipinski definition) is 2. The average Bonchev–Trinajstić information content (AvgIpc) is 3.20. The first-order valence-corrected chi connectivity index (χ1v) is 9.00. The van der Waals surface area contributed by atoms with Crippen LogP contribution in [0.3, 0.4) is 0 Å². The summed E-state index contributed by atoms with van der Waals surface area (Å²) in [5.41, 5.74) is 0. The van der Waals surface area contributed by atoms with Crippen molar-refractivity contribution in [3.63, 3.8) is 0 Å². The highest BCUT2D eigenvalue weighted by Crippen LogP contribution is 2.22. The smallest absolute Gasteiger partial charge is 0.479 e. The number of hydrogen-bond acceptors (Lipinski definition) is 6. The van der Waals surface area contributed by atoms with Crippen molar-refractivity contribution in [3.8, 4) is 0 Å². The van der Waals surface area contributed by atoms with Gasteiger partial charge in [0.05, 0.1) is 0 Å². The van der Waals surface area contributed by atoms with Crippen LogP contribution in [0.4, 0.5) is 0 Å². The maximum atomic E-state index is 11.7. The lowest BCUT2D eigenvalue weighted by Gasteiger charge is -2.28. The zero-order chi connectivity index (χ0) is 15.9. The van der Waals surface area contributed by atoms with E-state index >= 15 is 0 Å². The van der Waals surface area contributed by atoms with Crippen LogP contribution < -0.4 is 5.32 Å². The summed E-state index contributed by atoms with van der Waals surface area (Å²) >= 11 is 0. The van der Waals surface area contributed by atoms with E-state index in [-0.39, 0.29) is 6.54 Å². The first kappa shape index (κ1) is 18.0. The van der Waals surface area contributed by atoms with Crippen molar-refractivity contribution >= 4 is 20.7 Å². The minimum atomic E-state index is -2.79. The molecule has 1 aliphatic rings. The van der Waals surface area contributed by atoms with Gasteiger partial charge in [0, 0.05) is 32.4 Å². The molecular weight excluding hydrogens is 298 g/mol. The lowest BCUT2D eigenvalue weighted by Crippen LogP contribution is -2.48. The standard InChI is InChI=1S/C12H23NO7Si/c1-4-17-21(18-5-2,19-6-3)8-7-13-11(14)9-10(20-9)12(15)16/h9-10H,4-8H2,1-3H3,(H,13,14)(H,15,16). The zero-order valence-corrected chi connectivity index (χ0v) is 13.6. The SMILES string of the molecule is CCO[Si](CCNC(=O)C1OC1C(=O)O)(OCC)OCC. The van der Waals surface area contributed by atoms with Crippen molar-refractivity contribution in [2.45, 2.75) is 39.0 Å². The number of rotatable bonds is 11. The molecule has 9 heteroatoms. The number of amides is 1. The zero-order valence-electron chi connectivity index (χ0n) is 12.6. The Bertz CT molecular complexity index is 348. The minimum absolute atomic E-state index is 0.289. The fourth-order valence-electron chi connectivity index (χ4n) is 1.94. The molecule has 122 valence electrons. The number of carboxylic acids is 1. The van der Waals surface area contributed by atoms with Gasteiger partial charge < -0.3 is 28.4 Å². The monoisotopic (exact) mass is 321 g/mol. The maximum Gasteiger partial charge on any atom is 0.502 e. The van der Waals surface area contributed by atoms with E-state index in [9.17, 15) is 9.59 Å². The second-order valence-corrected chi connectivity index (χ2v) is 7.07. The number of ether oxygens (including phenoxy) is 1. The minimum Gasteiger partial charge on any atom is -0.479 e. The molecule has 0 aliphatic carbocycles. The third-order valence-corrected chi connectivity index (χ3v) is 5.86. The largest absolute Gasteiger partial charge is 0.502 e. The highest BCUT2D eigenvalue weighted by atomic mass is 28.4. The summed E-state index contributed by atoms with van der Waals surface area (Å²) in [5.74, 6) is -1.56. The van der Waals surface area contributed by atoms with E-state index < -0.39 is 32.9 Å². The Kier molecular flexibility index (Phi) is 7.25. The highest BCUT2D eigenvalue weighted by Gasteiger charge is 2.50. The van der Waals surface area contributed by atoms with Crippen molar-refractivity contribution in [3.05, 3.63) is 0 Å². The molecule has 2 unspecified atom stereocenters. The van der Waals surface area contributed by atoms with Crippen LogP contribution in [0.1, 0.15) is 20.8 Å². The summed E-state index contributed by atoms with van der Waals surface area (Å²) in [6.07, 6.45) is -1.93. The van der Waals surface area contributed by atoms with Gasteiger partial charge in [0.1, 0.15) is 0 Å². The fraction of sp³-hybridized carbons (Fsp3) is 0.833. The lowest BCUT2D eigenvalue weighted by atomic mass is 10.3. The molecule has 1 amide bonds. The molecule has 21 heavy (non-hydrogen) atoms. The van der Waals surface area contributed by atoms with Crippen LogP contribution in [-0.2, 0) is 27.6 Å². The van der Waals surface area contributed by atoms with Crippen LogP contribution in [0, 0.1) is 0 Å². The Morgan fingerprint density at radius 3 is 2.00 bits per heavy atom. The molecule has 0 saturated carbocycles. The van der Waals surface area contributed by atoms with Gasteiger partial charge in [0.15, 0.2) is 12.2 Å². The number of aliphatic carboxylic acids is 1. The molecule has 8 nitrogen and oxygen atoms in total. The molecule has 1 aliphatic heterocycles. The number of epoxide rings is 1. The topological polar surface area (TPSA) is 107 Å². The Balaban J connectivity index is 2.42. The van der Waals surface area contributed by atoms with Crippen LogP contribution in [0.15, 0.2) is 0 Å². The van der Waals surface area contributed by atoms with E-state index in [4.69, 9.17) is 23.1 Å². The summed E-state index contributed by atoms with van der Waals surface area (Å²) in [7, 11) is -2.79. The van der Waals surface area contributed by atoms with Crippen molar-refractivity contribution in [2.24, 2.45) is 0 Å². The average molecular weight is 321 g/mol. The predicted molar refractivity (Wildman–Crippen MR) is 74.7 cm³/mol. The van der Waals surface area contributed by atoms with Gasteiger partial charge in [-0.25, -0.2) is 4.79 Å². The van der Waals surface area contributed by atoms with Gasteiger partial charge in [-0.3, -0.25) is 4.79 Å². The van der Waals surface area contributed by atoms with Gasteiger partial charge in [-0.15, -0.1) is 0 Å². The molecule has 2 N–H and O–H groups in total. The van der Waals surface area contributed by atoms with Crippen LogP contribution in [0.25, 0.3) is 0 Å². The quantitative estimate of drug-likeness (QED) is 0.407. The number of nitrogens with one attached hydrogen (secondary N) is 1. The number of carbonyl (C=O) groups excluding carboxylic acids is 1. The first-order valence-electron chi connectivity index (χ1n) is 7.07. The van der Waals surface area contributed by atoms with E-state index in [1.807, 2.05) is 20.8 Å². The normalized spacial score (nSPS) is 21.1. The Morgan fingerprint density at radius 1 is 1.10 bits per heavy atom. The Labute approximate surface area is 125 Å². The van der Waals surface area contributed by atoms with Crippen molar-refractivity contribution in [2.75, 3.05) is 26.4 Å². The van der Waals surface area contributed by atoms with Gasteiger partial charge in [-0.1, -0.05) is 0 Å². The van der Waals surface area contributed by atoms with E-state index in [0.29, 0.717) is 25.9 Å². The summed E-state index contributed by atoms with van der Waals surface area (Å²) < 4.78 is 21.7. The maximum absolute atomic E-state index is 11.7. The third-order valence-electron chi connectivity index (χ3n) is 2.82. The number of carboxylic acid groups (broad SMARTS) is 1. The summed E-state index contributed by atoms with van der Waals surface area (Å²) in [5, 5.41) is 11.3. The molecule has 1 saturated heterocycles. The van der Waals surface area contributed by atoms with Gasteiger partial charge in [0.25, 0.3) is 5.91 Å². The van der Waals surface area contributed by atoms with Crippen LogP contribution in [-0.4, -0.2) is 64.4 Å². The van der Waals surface area contributed by atoms with Gasteiger partial charge >= 0.3 is 14.8 Å². The molecule has 0 spiro atoms. The molecular formula is C12H23NO7Si. The molecule has 0 bridgehead atoms. The van der Waals surface area contributed by atoms with E-state index in [1.54, 1.807) is 0 Å². The predicted octanol–water partition coefficient (Wildman–Crippen LogP) is 0.00300. The molecule has 0 aromatic rings. The molecule has 1 heterocycles. The second kappa shape index (κ2) is 8.44. The third kappa shape index (κ3) is 5.36. The van der Waals surface area contributed by atoms with E-state index in [0.717, 1.165) is 0 Å². The Hall–Kier alpha value is -1.00. The molecule has 1 rings (SSSR count). The summed E-state index contributed by atoms with van der Waals surface area (Å²) in [4.78, 5) is 22.3. The van der Waals surface area contributed by atoms with Gasteiger partial charge in [-0.2, -0.15) is 0 Å². The fourth-order valence-corrected chi connectivity index (χ4v) is 4.37. The summed E-state index contributed by atoms with van der Waals surface area (Å²) in [6.45, 7) is 7.25. The van der Waals surface area contributed by atoms with E-state index in [1.165, 1.54) is 0 Å². The van der Waals surface area contributed by atoms with Crippen LogP contribution in [0.5, 0.6) is 0 Å². The first-order chi connectivity index (χ1) is 9.99. The van der Waals surface area contributed by atoms with Crippen molar-refractivity contribution in [1.29, 1.82) is 0 Å². The van der Waals surface area contributed by atoms with Gasteiger partial charge in [0.2, 0.25) is 0 Å².